The van der Waals surface area contributed by atoms with Gasteiger partial charge in [0.25, 0.3) is 0 Å². The predicted octanol–water partition coefficient (Wildman–Crippen LogP) is 6.96. The van der Waals surface area contributed by atoms with Gasteiger partial charge in [0, 0.05) is 41.1 Å². The molecular formula is C33H32Cl3N3O4S. The summed E-state index contributed by atoms with van der Waals surface area (Å²) in [6, 6.07) is 26.7. The van der Waals surface area contributed by atoms with E-state index in [0.29, 0.717) is 32.6 Å². The molecule has 2 N–H and O–H groups in total. The summed E-state index contributed by atoms with van der Waals surface area (Å²) in [6.07, 6.45) is 0.438. The van der Waals surface area contributed by atoms with Crippen molar-refractivity contribution in [3.05, 3.63) is 134 Å². The maximum Gasteiger partial charge on any atom is 0.247 e. The number of benzene rings is 4. The van der Waals surface area contributed by atoms with Gasteiger partial charge in [-0.3, -0.25) is 9.59 Å². The quantitative estimate of drug-likeness (QED) is 0.161. The van der Waals surface area contributed by atoms with E-state index >= 15 is 0 Å². The molecule has 2 amide bonds. The number of aryl methyl sites for hydroxylation is 1. The molecule has 0 aliphatic heterocycles. The number of rotatable bonds is 13. The molecule has 0 heterocycles. The zero-order valence-corrected chi connectivity index (χ0v) is 27.1. The van der Waals surface area contributed by atoms with Gasteiger partial charge in [0.15, 0.2) is 0 Å². The summed E-state index contributed by atoms with van der Waals surface area (Å²) in [4.78, 5) is 29.6. The molecule has 44 heavy (non-hydrogen) atoms. The van der Waals surface area contributed by atoms with E-state index in [1.807, 2.05) is 42.5 Å². The van der Waals surface area contributed by atoms with Crippen LogP contribution in [0.4, 0.5) is 0 Å². The largest absolute Gasteiger partial charge is 0.350 e. The Morgan fingerprint density at radius 2 is 1.45 bits per heavy atom. The number of carbonyl (C=O) groups excluding carboxylic acids is 2. The Balaban J connectivity index is 1.61. The average molecular weight is 673 g/mol. The van der Waals surface area contributed by atoms with Crippen molar-refractivity contribution in [1.29, 1.82) is 0 Å². The van der Waals surface area contributed by atoms with Gasteiger partial charge in [0.05, 0.1) is 4.90 Å². The number of nitrogens with one attached hydrogen (secondary N) is 2. The second kappa shape index (κ2) is 15.5. The summed E-state index contributed by atoms with van der Waals surface area (Å²) in [5, 5.41) is 4.42. The third kappa shape index (κ3) is 9.06. The molecule has 0 fully saturated rings. The van der Waals surface area contributed by atoms with E-state index in [0.717, 1.165) is 11.1 Å². The molecule has 4 aromatic rings. The highest BCUT2D eigenvalue weighted by Gasteiger charge is 2.31. The van der Waals surface area contributed by atoms with E-state index in [1.54, 1.807) is 54.3 Å². The third-order valence-electron chi connectivity index (χ3n) is 6.93. The first kappa shape index (κ1) is 33.5. The van der Waals surface area contributed by atoms with Crippen LogP contribution in [-0.2, 0) is 39.1 Å². The highest BCUT2D eigenvalue weighted by atomic mass is 35.5. The maximum absolute atomic E-state index is 14.0. The Morgan fingerprint density at radius 1 is 0.818 bits per heavy atom. The summed E-state index contributed by atoms with van der Waals surface area (Å²) >= 11 is 18.5. The minimum Gasteiger partial charge on any atom is -0.350 e. The number of carbonyl (C=O) groups is 2. The van der Waals surface area contributed by atoms with Crippen LogP contribution in [0.15, 0.2) is 102 Å². The lowest BCUT2D eigenvalue weighted by molar-refractivity contribution is -0.141. The molecular weight excluding hydrogens is 641 g/mol. The van der Waals surface area contributed by atoms with Gasteiger partial charge in [-0.15, -0.1) is 0 Å². The number of sulfonamides is 1. The number of halogens is 3. The standard InChI is InChI=1S/C33H32Cl3N3O4S/c1-2-38-44(42,43)29-17-10-23(11-18-29)12-19-31(40)39(22-24-8-14-27(34)15-9-24)32(25-6-4-3-5-7-25)33(41)37-21-26-13-16-28(35)20-30(26)36/h3-11,13-18,20,32,38H,2,12,19,21-22H2,1H3,(H,37,41)/t32-/m0/s1. The lowest BCUT2D eigenvalue weighted by atomic mass is 10.0. The average Bonchev–Trinajstić information content (AvgIpc) is 3.01. The van der Waals surface area contributed by atoms with Crippen molar-refractivity contribution in [3.8, 4) is 0 Å². The van der Waals surface area contributed by atoms with Crippen LogP contribution in [0.5, 0.6) is 0 Å². The summed E-state index contributed by atoms with van der Waals surface area (Å²) in [5.41, 5.74) is 2.92. The first-order chi connectivity index (χ1) is 21.1. The van der Waals surface area contributed by atoms with Crippen molar-refractivity contribution in [2.24, 2.45) is 0 Å². The maximum atomic E-state index is 14.0. The highest BCUT2D eigenvalue weighted by Crippen LogP contribution is 2.27. The van der Waals surface area contributed by atoms with E-state index in [9.17, 15) is 18.0 Å². The number of hydrogen-bond donors (Lipinski definition) is 2. The Morgan fingerprint density at radius 3 is 2.09 bits per heavy atom. The number of hydrogen-bond acceptors (Lipinski definition) is 4. The fourth-order valence-electron chi connectivity index (χ4n) is 4.67. The van der Waals surface area contributed by atoms with Crippen LogP contribution < -0.4 is 10.0 Å². The van der Waals surface area contributed by atoms with Gasteiger partial charge in [-0.1, -0.05) is 102 Å². The van der Waals surface area contributed by atoms with E-state index < -0.39 is 16.1 Å². The summed E-state index contributed by atoms with van der Waals surface area (Å²) in [5.74, 6) is -0.625. The zero-order chi connectivity index (χ0) is 31.7. The molecule has 1 atom stereocenters. The van der Waals surface area contributed by atoms with E-state index in [-0.39, 0.29) is 42.8 Å². The van der Waals surface area contributed by atoms with E-state index in [4.69, 9.17) is 34.8 Å². The topological polar surface area (TPSA) is 95.6 Å². The molecule has 4 rings (SSSR count). The number of amides is 2. The van der Waals surface area contributed by atoms with E-state index in [1.165, 1.54) is 12.1 Å². The van der Waals surface area contributed by atoms with Crippen molar-refractivity contribution < 1.29 is 18.0 Å². The Hall–Kier alpha value is -3.40. The molecule has 4 aromatic carbocycles. The molecule has 0 aromatic heterocycles. The van der Waals surface area contributed by atoms with Crippen molar-refractivity contribution in [1.82, 2.24) is 14.9 Å². The van der Waals surface area contributed by atoms with Gasteiger partial charge in [-0.2, -0.15) is 0 Å². The predicted molar refractivity (Wildman–Crippen MR) is 175 cm³/mol. The molecule has 0 bridgehead atoms. The van der Waals surface area contributed by atoms with Gasteiger partial charge in [-0.25, -0.2) is 13.1 Å². The molecule has 0 saturated heterocycles. The van der Waals surface area contributed by atoms with Gasteiger partial charge >= 0.3 is 0 Å². The van der Waals surface area contributed by atoms with Crippen molar-refractivity contribution in [2.45, 2.75) is 43.8 Å². The van der Waals surface area contributed by atoms with Gasteiger partial charge < -0.3 is 10.2 Å². The third-order valence-corrected chi connectivity index (χ3v) is 9.33. The lowest BCUT2D eigenvalue weighted by Crippen LogP contribution is -2.43. The Kier molecular flexibility index (Phi) is 11.8. The van der Waals surface area contributed by atoms with Gasteiger partial charge in [-0.05, 0) is 65.1 Å². The minimum absolute atomic E-state index is 0.0898. The Labute approximate surface area is 273 Å². The van der Waals surface area contributed by atoms with Crippen LogP contribution in [0.2, 0.25) is 15.1 Å². The number of nitrogens with zero attached hydrogens (tertiary/aromatic N) is 1. The first-order valence-electron chi connectivity index (χ1n) is 14.0. The first-order valence-corrected chi connectivity index (χ1v) is 16.6. The molecule has 11 heteroatoms. The van der Waals surface area contributed by atoms with Crippen molar-refractivity contribution in [2.75, 3.05) is 6.54 Å². The summed E-state index contributed by atoms with van der Waals surface area (Å²) in [6.45, 7) is 2.29. The molecule has 0 radical (unpaired) electrons. The van der Waals surface area contributed by atoms with Crippen molar-refractivity contribution >= 4 is 56.6 Å². The van der Waals surface area contributed by atoms with Crippen molar-refractivity contribution in [3.63, 3.8) is 0 Å². The molecule has 0 aliphatic rings. The van der Waals surface area contributed by atoms with Gasteiger partial charge in [0.1, 0.15) is 6.04 Å². The zero-order valence-electron chi connectivity index (χ0n) is 24.0. The molecule has 0 saturated carbocycles. The van der Waals surface area contributed by atoms with Crippen LogP contribution >= 0.6 is 34.8 Å². The molecule has 0 aliphatic carbocycles. The Bertz CT molecular complexity index is 1680. The SMILES string of the molecule is CCNS(=O)(=O)c1ccc(CCC(=O)N(Cc2ccc(Cl)cc2)[C@H](C(=O)NCc2ccc(Cl)cc2Cl)c2ccccc2)cc1. The second-order valence-electron chi connectivity index (χ2n) is 10.1. The fourth-order valence-corrected chi connectivity index (χ4v) is 6.31. The highest BCUT2D eigenvalue weighted by molar-refractivity contribution is 7.89. The fraction of sp³-hybridized carbons (Fsp3) is 0.212. The lowest BCUT2D eigenvalue weighted by Gasteiger charge is -2.32. The van der Waals surface area contributed by atoms with E-state index in [2.05, 4.69) is 10.0 Å². The molecule has 0 spiro atoms. The molecule has 0 unspecified atom stereocenters. The summed E-state index contributed by atoms with van der Waals surface area (Å²) < 4.78 is 27.1. The normalized spacial score (nSPS) is 12.0. The van der Waals surface area contributed by atoms with Crippen LogP contribution in [0.1, 0.15) is 41.6 Å². The van der Waals surface area contributed by atoms with Crippen LogP contribution in [-0.4, -0.2) is 31.7 Å². The van der Waals surface area contributed by atoms with Gasteiger partial charge in [0.2, 0.25) is 21.8 Å². The summed E-state index contributed by atoms with van der Waals surface area (Å²) in [7, 11) is -3.59. The monoisotopic (exact) mass is 671 g/mol. The van der Waals surface area contributed by atoms with Crippen LogP contribution in [0.25, 0.3) is 0 Å². The van der Waals surface area contributed by atoms with Crippen LogP contribution in [0.3, 0.4) is 0 Å². The smallest absolute Gasteiger partial charge is 0.247 e. The molecule has 230 valence electrons. The van der Waals surface area contributed by atoms with Crippen LogP contribution in [0, 0.1) is 0 Å². The molecule has 7 nitrogen and oxygen atoms in total. The second-order valence-corrected chi connectivity index (χ2v) is 13.1. The minimum atomic E-state index is -3.59.